The van der Waals surface area contributed by atoms with Crippen molar-refractivity contribution < 1.29 is 14.1 Å². The van der Waals surface area contributed by atoms with Gasteiger partial charge in [0.2, 0.25) is 0 Å². The molecule has 0 aliphatic rings. The van der Waals surface area contributed by atoms with Gasteiger partial charge in [0.25, 0.3) is 11.6 Å². The number of amides is 1. The summed E-state index contributed by atoms with van der Waals surface area (Å²) >= 11 is 5.71. The van der Waals surface area contributed by atoms with E-state index in [1.165, 1.54) is 18.3 Å². The first-order valence-electron chi connectivity index (χ1n) is 5.34. The highest BCUT2D eigenvalue weighted by Crippen LogP contribution is 2.24. The first kappa shape index (κ1) is 13.9. The van der Waals surface area contributed by atoms with Gasteiger partial charge in [-0.2, -0.15) is 0 Å². The fourth-order valence-corrected chi connectivity index (χ4v) is 1.69. The lowest BCUT2D eigenvalue weighted by atomic mass is 10.1. The van der Waals surface area contributed by atoms with Crippen molar-refractivity contribution >= 4 is 28.9 Å². The molecule has 1 N–H and O–H groups in total. The second-order valence-electron chi connectivity index (χ2n) is 3.73. The van der Waals surface area contributed by atoms with Crippen LogP contribution in [0.15, 0.2) is 36.7 Å². The van der Waals surface area contributed by atoms with E-state index in [9.17, 15) is 19.3 Å². The lowest BCUT2D eigenvalue weighted by Crippen LogP contribution is -2.15. The molecule has 2 rings (SSSR count). The van der Waals surface area contributed by atoms with Gasteiger partial charge in [-0.15, -0.1) is 0 Å². The largest absolute Gasteiger partial charge is 0.319 e. The summed E-state index contributed by atoms with van der Waals surface area (Å²) in [6, 6.07) is 4.79. The van der Waals surface area contributed by atoms with Crippen LogP contribution in [-0.2, 0) is 0 Å². The quantitative estimate of drug-likeness (QED) is 0.696. The average molecular weight is 296 g/mol. The van der Waals surface area contributed by atoms with Crippen LogP contribution in [0.3, 0.4) is 0 Å². The second kappa shape index (κ2) is 5.62. The monoisotopic (exact) mass is 295 g/mol. The maximum Gasteiger partial charge on any atom is 0.282 e. The van der Waals surface area contributed by atoms with Crippen molar-refractivity contribution in [3.8, 4) is 0 Å². The minimum atomic E-state index is -0.829. The highest BCUT2D eigenvalue weighted by molar-refractivity contribution is 6.31. The van der Waals surface area contributed by atoms with Gasteiger partial charge in [-0.3, -0.25) is 19.9 Å². The number of hydrogen-bond acceptors (Lipinski definition) is 4. The number of nitrogens with zero attached hydrogens (tertiary/aromatic N) is 2. The number of aromatic nitrogens is 1. The summed E-state index contributed by atoms with van der Waals surface area (Å²) in [7, 11) is 0. The summed E-state index contributed by atoms with van der Waals surface area (Å²) in [6.45, 7) is 0. The van der Waals surface area contributed by atoms with Crippen LogP contribution in [0.25, 0.3) is 0 Å². The number of anilines is 1. The zero-order chi connectivity index (χ0) is 14.7. The Morgan fingerprint density at radius 2 is 2.15 bits per heavy atom. The van der Waals surface area contributed by atoms with Gasteiger partial charge in [0.15, 0.2) is 5.82 Å². The number of halogens is 2. The molecule has 2 aromatic rings. The Labute approximate surface area is 117 Å². The third-order valence-corrected chi connectivity index (χ3v) is 2.66. The first-order chi connectivity index (χ1) is 9.49. The molecular weight excluding hydrogens is 289 g/mol. The maximum absolute atomic E-state index is 13.4. The average Bonchev–Trinajstić information content (AvgIpc) is 2.40. The molecule has 0 bridgehead atoms. The molecule has 1 amide bonds. The van der Waals surface area contributed by atoms with Crippen LogP contribution < -0.4 is 5.32 Å². The van der Waals surface area contributed by atoms with Crippen LogP contribution >= 0.6 is 11.6 Å². The van der Waals surface area contributed by atoms with E-state index in [4.69, 9.17) is 11.6 Å². The molecule has 0 fully saturated rings. The molecule has 20 heavy (non-hydrogen) atoms. The van der Waals surface area contributed by atoms with E-state index in [2.05, 4.69) is 10.3 Å². The number of nitro groups is 1. The molecule has 0 radical (unpaired) electrons. The van der Waals surface area contributed by atoms with Crippen LogP contribution in [0.4, 0.5) is 15.8 Å². The van der Waals surface area contributed by atoms with Crippen molar-refractivity contribution in [2.24, 2.45) is 0 Å². The van der Waals surface area contributed by atoms with Gasteiger partial charge in [0.1, 0.15) is 5.56 Å². The zero-order valence-electron chi connectivity index (χ0n) is 9.84. The number of carbonyl (C=O) groups excluding carboxylic acids is 1. The lowest BCUT2D eigenvalue weighted by molar-refractivity contribution is -0.385. The Balaban J connectivity index is 2.37. The number of benzene rings is 1. The Bertz CT molecular complexity index is 693. The minimum Gasteiger partial charge on any atom is -0.319 e. The molecule has 0 aliphatic carbocycles. The molecule has 0 unspecified atom stereocenters. The summed E-state index contributed by atoms with van der Waals surface area (Å²) in [4.78, 5) is 25.7. The van der Waals surface area contributed by atoms with E-state index in [-0.39, 0.29) is 16.3 Å². The van der Waals surface area contributed by atoms with Gasteiger partial charge >= 0.3 is 0 Å². The van der Waals surface area contributed by atoms with Gasteiger partial charge < -0.3 is 5.32 Å². The second-order valence-corrected chi connectivity index (χ2v) is 4.16. The summed E-state index contributed by atoms with van der Waals surface area (Å²) < 4.78 is 13.4. The Morgan fingerprint density at radius 3 is 2.80 bits per heavy atom. The van der Waals surface area contributed by atoms with Crippen molar-refractivity contribution in [1.29, 1.82) is 0 Å². The van der Waals surface area contributed by atoms with Crippen molar-refractivity contribution in [2.75, 3.05) is 5.32 Å². The van der Waals surface area contributed by atoms with Crippen molar-refractivity contribution in [2.45, 2.75) is 0 Å². The van der Waals surface area contributed by atoms with Crippen LogP contribution in [0, 0.1) is 15.9 Å². The predicted octanol–water partition coefficient (Wildman–Crippen LogP) is 3.03. The molecule has 0 atom stereocenters. The molecule has 0 saturated heterocycles. The maximum atomic E-state index is 13.4. The summed E-state index contributed by atoms with van der Waals surface area (Å²) in [6.07, 6.45) is 2.20. The smallest absolute Gasteiger partial charge is 0.282 e. The third-order valence-electron chi connectivity index (χ3n) is 2.42. The van der Waals surface area contributed by atoms with E-state index in [0.29, 0.717) is 0 Å². The number of nitro benzene ring substituents is 1. The molecule has 1 aromatic carbocycles. The van der Waals surface area contributed by atoms with E-state index in [0.717, 1.165) is 18.3 Å². The lowest BCUT2D eigenvalue weighted by Gasteiger charge is -2.06. The molecule has 6 nitrogen and oxygen atoms in total. The standard InChI is InChI=1S/C12H7ClFN3O3/c13-7-1-2-11(17(19)20)8(5-7)12(18)16-10-3-4-15-6-9(10)14/h1-6H,(H,15,16,18). The molecule has 1 aromatic heterocycles. The van der Waals surface area contributed by atoms with Crippen molar-refractivity contribution in [1.82, 2.24) is 4.98 Å². The summed E-state index contributed by atoms with van der Waals surface area (Å²) in [5, 5.41) is 13.3. The van der Waals surface area contributed by atoms with E-state index >= 15 is 0 Å². The van der Waals surface area contributed by atoms with Crippen LogP contribution in [0.2, 0.25) is 5.02 Å². The van der Waals surface area contributed by atoms with Gasteiger partial charge in [0, 0.05) is 17.3 Å². The summed E-state index contributed by atoms with van der Waals surface area (Å²) in [5.41, 5.74) is -0.792. The van der Waals surface area contributed by atoms with E-state index in [1.54, 1.807) is 0 Å². The number of nitrogens with one attached hydrogen (secondary N) is 1. The van der Waals surface area contributed by atoms with Crippen molar-refractivity contribution in [3.63, 3.8) is 0 Å². The minimum absolute atomic E-state index is 0.126. The number of rotatable bonds is 3. The molecular formula is C12H7ClFN3O3. The predicted molar refractivity (Wildman–Crippen MR) is 70.3 cm³/mol. The number of carbonyl (C=O) groups is 1. The molecule has 8 heteroatoms. The van der Waals surface area contributed by atoms with Crippen LogP contribution in [-0.4, -0.2) is 15.8 Å². The third kappa shape index (κ3) is 2.89. The number of pyridine rings is 1. The van der Waals surface area contributed by atoms with Gasteiger partial charge in [-0.05, 0) is 18.2 Å². The molecule has 0 saturated carbocycles. The molecule has 1 heterocycles. The normalized spacial score (nSPS) is 10.1. The highest BCUT2D eigenvalue weighted by Gasteiger charge is 2.21. The Hall–Kier alpha value is -2.54. The van der Waals surface area contributed by atoms with Crippen LogP contribution in [0.1, 0.15) is 10.4 Å². The van der Waals surface area contributed by atoms with E-state index in [1.807, 2.05) is 0 Å². The SMILES string of the molecule is O=C(Nc1ccncc1F)c1cc(Cl)ccc1[N+](=O)[O-]. The highest BCUT2D eigenvalue weighted by atomic mass is 35.5. The fraction of sp³-hybridized carbons (Fsp3) is 0. The molecule has 0 spiro atoms. The topological polar surface area (TPSA) is 85.1 Å². The zero-order valence-corrected chi connectivity index (χ0v) is 10.6. The Morgan fingerprint density at radius 1 is 1.40 bits per heavy atom. The summed E-state index contributed by atoms with van der Waals surface area (Å²) in [5.74, 6) is -1.57. The molecule has 0 aliphatic heterocycles. The van der Waals surface area contributed by atoms with E-state index < -0.39 is 22.3 Å². The van der Waals surface area contributed by atoms with Crippen LogP contribution in [0.5, 0.6) is 0 Å². The van der Waals surface area contributed by atoms with Gasteiger partial charge in [0.05, 0.1) is 16.8 Å². The van der Waals surface area contributed by atoms with Gasteiger partial charge in [-0.25, -0.2) is 4.39 Å². The first-order valence-corrected chi connectivity index (χ1v) is 5.71. The Kier molecular flexibility index (Phi) is 3.90. The van der Waals surface area contributed by atoms with Crippen molar-refractivity contribution in [3.05, 3.63) is 63.2 Å². The fourth-order valence-electron chi connectivity index (χ4n) is 1.52. The number of hydrogen-bond donors (Lipinski definition) is 1. The molecule has 102 valence electrons. The van der Waals surface area contributed by atoms with Gasteiger partial charge in [-0.1, -0.05) is 11.6 Å².